The highest BCUT2D eigenvalue weighted by Crippen LogP contribution is 2.72. The minimum atomic E-state index is -0.0269. The first kappa shape index (κ1) is 30.5. The van der Waals surface area contributed by atoms with Crippen LogP contribution in [0.4, 0.5) is 0 Å². The van der Waals surface area contributed by atoms with Crippen molar-refractivity contribution in [3.63, 3.8) is 0 Å². The van der Waals surface area contributed by atoms with E-state index in [2.05, 4.69) is 5.32 Å². The van der Waals surface area contributed by atoms with Crippen molar-refractivity contribution in [2.24, 2.45) is 70.1 Å². The van der Waals surface area contributed by atoms with Gasteiger partial charge in [-0.15, -0.1) is 0 Å². The Hall–Kier alpha value is -0.120. The van der Waals surface area contributed by atoms with Crippen molar-refractivity contribution in [1.29, 1.82) is 0 Å². The maximum atomic E-state index is 7.31. The van der Waals surface area contributed by atoms with Gasteiger partial charge in [-0.2, -0.15) is 0 Å². The van der Waals surface area contributed by atoms with E-state index in [4.69, 9.17) is 11.5 Å². The number of nitrogens with one attached hydrogen (secondary N) is 1. The van der Waals surface area contributed by atoms with Crippen LogP contribution in [0.25, 0.3) is 0 Å². The molecule has 5 N–H and O–H groups in total. The lowest BCUT2D eigenvalue weighted by atomic mass is 9.47. The van der Waals surface area contributed by atoms with Gasteiger partial charge in [-0.05, 0) is 123 Å². The summed E-state index contributed by atoms with van der Waals surface area (Å²) >= 11 is 0. The van der Waals surface area contributed by atoms with Crippen LogP contribution in [0.15, 0.2) is 0 Å². The number of nitrogens with two attached hydrogens (primary N) is 2. The van der Waals surface area contributed by atoms with Gasteiger partial charge >= 0.3 is 0 Å². The van der Waals surface area contributed by atoms with Crippen molar-refractivity contribution in [2.45, 2.75) is 185 Å². The van der Waals surface area contributed by atoms with E-state index >= 15 is 0 Å². The zero-order valence-corrected chi connectivity index (χ0v) is 27.5. The Kier molecular flexibility index (Phi) is 9.96. The lowest BCUT2D eigenvalue weighted by Crippen LogP contribution is -2.65. The molecule has 0 aromatic rings. The van der Waals surface area contributed by atoms with Crippen LogP contribution in [-0.2, 0) is 0 Å². The molecule has 7 aliphatic rings. The Bertz CT molecular complexity index is 815. The minimum absolute atomic E-state index is 0.0269. The van der Waals surface area contributed by atoms with Gasteiger partial charge in [-0.25, -0.2) is 0 Å². The monoisotopic (exact) mass is 580 g/mol. The van der Waals surface area contributed by atoms with Gasteiger partial charge in [0.05, 0.1) is 6.17 Å². The Morgan fingerprint density at radius 2 is 0.976 bits per heavy atom. The highest BCUT2D eigenvalue weighted by molar-refractivity contribution is 5.17. The molecule has 0 radical (unpaired) electrons. The zero-order chi connectivity index (χ0) is 28.5. The van der Waals surface area contributed by atoms with Crippen molar-refractivity contribution < 1.29 is 0 Å². The zero-order valence-electron chi connectivity index (χ0n) is 27.5. The Labute approximate surface area is 260 Å². The quantitative estimate of drug-likeness (QED) is 0.263. The molecule has 0 amide bonds. The molecular formula is C39H69N3. The van der Waals surface area contributed by atoms with E-state index in [1.54, 1.807) is 12.8 Å². The van der Waals surface area contributed by atoms with E-state index < -0.39 is 0 Å². The number of hydrogen-bond acceptors (Lipinski definition) is 3. The molecule has 0 aromatic heterocycles. The standard InChI is InChI=1S/C39H69N3/c40-36(28-17-7-2-8-18-28)38(41)42-37-31(27-15-5-1-6-16-27)25-26-33-32-23-13-14-24-34(32)39(35(33)37,29-19-9-3-10-20-29)30-21-11-4-12-22-30/h27-38,42H,1-26,40-41H2. The van der Waals surface area contributed by atoms with Crippen LogP contribution >= 0.6 is 0 Å². The van der Waals surface area contributed by atoms with Gasteiger partial charge in [-0.1, -0.05) is 103 Å². The van der Waals surface area contributed by atoms with E-state index in [1.165, 1.54) is 154 Å². The molecule has 7 saturated carbocycles. The summed E-state index contributed by atoms with van der Waals surface area (Å²) in [5, 5.41) is 4.43. The predicted octanol–water partition coefficient (Wildman–Crippen LogP) is 9.33. The maximum absolute atomic E-state index is 7.31. The smallest absolute Gasteiger partial charge is 0.0707 e. The van der Waals surface area contributed by atoms with Crippen molar-refractivity contribution in [3.8, 4) is 0 Å². The molecule has 0 heterocycles. The van der Waals surface area contributed by atoms with Gasteiger partial charge in [0, 0.05) is 12.1 Å². The lowest BCUT2D eigenvalue weighted by Gasteiger charge is -2.59. The summed E-state index contributed by atoms with van der Waals surface area (Å²) in [6.45, 7) is 0. The van der Waals surface area contributed by atoms with Gasteiger partial charge in [0.15, 0.2) is 0 Å². The highest BCUT2D eigenvalue weighted by Gasteiger charge is 2.68. The summed E-state index contributed by atoms with van der Waals surface area (Å²) in [6.07, 6.45) is 38.4. The van der Waals surface area contributed by atoms with E-state index in [0.717, 1.165) is 47.3 Å². The molecule has 0 saturated heterocycles. The third-order valence-corrected chi connectivity index (χ3v) is 15.6. The fourth-order valence-electron chi connectivity index (χ4n) is 14.1. The predicted molar refractivity (Wildman–Crippen MR) is 177 cm³/mol. The normalized spacial score (nSPS) is 40.7. The topological polar surface area (TPSA) is 64.1 Å². The minimum Gasteiger partial charge on any atom is -0.325 e. The van der Waals surface area contributed by atoms with Crippen molar-refractivity contribution >= 4 is 0 Å². The first-order valence-corrected chi connectivity index (χ1v) is 20.0. The molecule has 0 aromatic carbocycles. The van der Waals surface area contributed by atoms with E-state index in [0.29, 0.717) is 17.4 Å². The summed E-state index contributed by atoms with van der Waals surface area (Å²) in [6, 6.07) is 0.742. The third kappa shape index (κ3) is 5.59. The first-order valence-electron chi connectivity index (χ1n) is 20.0. The Balaban J connectivity index is 1.29. The molecule has 0 spiro atoms. The number of fused-ring (bicyclic) bond motifs is 3. The van der Waals surface area contributed by atoms with E-state index in [9.17, 15) is 0 Å². The van der Waals surface area contributed by atoms with Crippen LogP contribution in [-0.4, -0.2) is 18.2 Å². The van der Waals surface area contributed by atoms with Gasteiger partial charge in [0.1, 0.15) is 0 Å². The summed E-state index contributed by atoms with van der Waals surface area (Å²) in [4.78, 5) is 0. The average Bonchev–Trinajstić information content (AvgIpc) is 3.38. The second-order valence-electron chi connectivity index (χ2n) is 17.2. The van der Waals surface area contributed by atoms with E-state index in [-0.39, 0.29) is 12.2 Å². The van der Waals surface area contributed by atoms with Crippen LogP contribution in [0.5, 0.6) is 0 Å². The average molecular weight is 580 g/mol. The van der Waals surface area contributed by atoms with Crippen LogP contribution in [0, 0.1) is 58.7 Å². The van der Waals surface area contributed by atoms with Crippen LogP contribution in [0.2, 0.25) is 0 Å². The van der Waals surface area contributed by atoms with Gasteiger partial charge < -0.3 is 11.5 Å². The molecule has 7 aliphatic carbocycles. The van der Waals surface area contributed by atoms with Crippen molar-refractivity contribution in [1.82, 2.24) is 5.32 Å². The summed E-state index contributed by atoms with van der Waals surface area (Å²) < 4.78 is 0. The number of rotatable bonds is 7. The SMILES string of the molecule is NC(NC1C(C2CCCCC2)CCC2C3CCCCC3C(C3CCCCC3)(C3CCCCC3)C21)C(N)C1CCCCC1. The fourth-order valence-corrected chi connectivity index (χ4v) is 14.1. The Morgan fingerprint density at radius 3 is 1.60 bits per heavy atom. The molecule has 0 aliphatic heterocycles. The first-order chi connectivity index (χ1) is 20.7. The summed E-state index contributed by atoms with van der Waals surface area (Å²) in [5.41, 5.74) is 15.0. The molecule has 8 atom stereocenters. The second kappa shape index (κ2) is 13.7. The van der Waals surface area contributed by atoms with Crippen molar-refractivity contribution in [3.05, 3.63) is 0 Å². The summed E-state index contributed by atoms with van der Waals surface area (Å²) in [7, 11) is 0. The van der Waals surface area contributed by atoms with Gasteiger partial charge in [-0.3, -0.25) is 5.32 Å². The maximum Gasteiger partial charge on any atom is 0.0707 e. The van der Waals surface area contributed by atoms with Crippen LogP contribution < -0.4 is 16.8 Å². The molecule has 7 fully saturated rings. The molecule has 3 nitrogen and oxygen atoms in total. The summed E-state index contributed by atoms with van der Waals surface area (Å²) in [5.74, 6) is 8.17. The largest absolute Gasteiger partial charge is 0.325 e. The molecular weight excluding hydrogens is 510 g/mol. The lowest BCUT2D eigenvalue weighted by molar-refractivity contribution is -0.0983. The molecule has 3 heteroatoms. The molecule has 42 heavy (non-hydrogen) atoms. The van der Waals surface area contributed by atoms with E-state index in [1.807, 2.05) is 0 Å². The Morgan fingerprint density at radius 1 is 0.476 bits per heavy atom. The van der Waals surface area contributed by atoms with Gasteiger partial charge in [0.25, 0.3) is 0 Å². The fraction of sp³-hybridized carbons (Fsp3) is 1.00. The van der Waals surface area contributed by atoms with Crippen LogP contribution in [0.1, 0.15) is 167 Å². The second-order valence-corrected chi connectivity index (χ2v) is 17.2. The van der Waals surface area contributed by atoms with Crippen molar-refractivity contribution in [2.75, 3.05) is 0 Å². The third-order valence-electron chi connectivity index (χ3n) is 15.6. The molecule has 7 rings (SSSR count). The molecule has 0 bridgehead atoms. The highest BCUT2D eigenvalue weighted by atomic mass is 15.1. The van der Waals surface area contributed by atoms with Gasteiger partial charge in [0.2, 0.25) is 0 Å². The molecule has 8 unspecified atom stereocenters. The van der Waals surface area contributed by atoms with Crippen LogP contribution in [0.3, 0.4) is 0 Å². The molecule has 240 valence electrons. The number of hydrogen-bond donors (Lipinski definition) is 3.